The molecule has 1 fully saturated rings. The number of hydrogen-bond acceptors (Lipinski definition) is 4. The minimum absolute atomic E-state index is 0.0155. The molecule has 2 aliphatic rings. The van der Waals surface area contributed by atoms with Gasteiger partial charge < -0.3 is 9.15 Å². The molecule has 1 aliphatic carbocycles. The highest BCUT2D eigenvalue weighted by atomic mass is 16.5. The molecule has 1 aromatic heterocycles. The van der Waals surface area contributed by atoms with Gasteiger partial charge in [-0.2, -0.15) is 0 Å². The minimum atomic E-state index is -0.0155. The quantitative estimate of drug-likeness (QED) is 0.737. The van der Waals surface area contributed by atoms with Crippen molar-refractivity contribution in [3.8, 4) is 0 Å². The van der Waals surface area contributed by atoms with Gasteiger partial charge in [0.05, 0.1) is 19.8 Å². The van der Waals surface area contributed by atoms with Gasteiger partial charge in [-0.15, -0.1) is 0 Å². The van der Waals surface area contributed by atoms with Gasteiger partial charge in [0.15, 0.2) is 5.76 Å². The van der Waals surface area contributed by atoms with Crippen molar-refractivity contribution in [1.29, 1.82) is 0 Å². The molecule has 17 heavy (non-hydrogen) atoms. The van der Waals surface area contributed by atoms with Crippen molar-refractivity contribution in [3.63, 3.8) is 0 Å². The summed E-state index contributed by atoms with van der Waals surface area (Å²) in [4.78, 5) is 13.9. The summed E-state index contributed by atoms with van der Waals surface area (Å²) in [7, 11) is 0. The second-order valence-corrected chi connectivity index (χ2v) is 4.27. The molecule has 0 spiro atoms. The van der Waals surface area contributed by atoms with Crippen LogP contribution in [0.5, 0.6) is 0 Å². The zero-order chi connectivity index (χ0) is 11.7. The van der Waals surface area contributed by atoms with Crippen LogP contribution >= 0.6 is 0 Å². The van der Waals surface area contributed by atoms with Crippen molar-refractivity contribution in [1.82, 2.24) is 4.90 Å². The van der Waals surface area contributed by atoms with Gasteiger partial charge in [0.2, 0.25) is 5.78 Å². The first kappa shape index (κ1) is 10.7. The predicted molar refractivity (Wildman–Crippen MR) is 61.5 cm³/mol. The number of rotatable bonds is 4. The Balaban J connectivity index is 1.63. The number of carbonyl (C=O) groups excluding carboxylic acids is 1. The number of furan rings is 1. The highest BCUT2D eigenvalue weighted by Gasteiger charge is 2.22. The fourth-order valence-electron chi connectivity index (χ4n) is 1.90. The normalized spacial score (nSPS) is 20.1. The highest BCUT2D eigenvalue weighted by molar-refractivity contribution is 6.12. The number of carbonyl (C=O) groups is 1. The summed E-state index contributed by atoms with van der Waals surface area (Å²) >= 11 is 0. The van der Waals surface area contributed by atoms with Gasteiger partial charge in [-0.25, -0.2) is 0 Å². The van der Waals surface area contributed by atoms with Crippen molar-refractivity contribution in [2.45, 2.75) is 6.54 Å². The molecule has 3 rings (SSSR count). The molecule has 4 heteroatoms. The minimum Gasteiger partial charge on any atom is -0.456 e. The second-order valence-electron chi connectivity index (χ2n) is 4.27. The van der Waals surface area contributed by atoms with Gasteiger partial charge in [0.25, 0.3) is 0 Å². The summed E-state index contributed by atoms with van der Waals surface area (Å²) < 4.78 is 10.8. The molecule has 1 radical (unpaired) electrons. The lowest BCUT2D eigenvalue weighted by Crippen LogP contribution is -2.35. The molecule has 4 nitrogen and oxygen atoms in total. The van der Waals surface area contributed by atoms with Crippen LogP contribution in [0.2, 0.25) is 0 Å². The maximum atomic E-state index is 11.7. The van der Waals surface area contributed by atoms with Crippen LogP contribution < -0.4 is 0 Å². The van der Waals surface area contributed by atoms with Crippen LogP contribution in [0.15, 0.2) is 28.2 Å². The number of nitrogens with zero attached hydrogens (tertiary/aromatic N) is 1. The third kappa shape index (κ3) is 2.48. The average Bonchev–Trinajstić information content (AvgIpc) is 3.11. The smallest absolute Gasteiger partial charge is 0.224 e. The third-order valence-electron chi connectivity index (χ3n) is 2.96. The summed E-state index contributed by atoms with van der Waals surface area (Å²) in [5, 5.41) is 0. The molecule has 0 amide bonds. The number of morpholine rings is 1. The van der Waals surface area contributed by atoms with E-state index in [0.29, 0.717) is 5.76 Å². The first-order valence-corrected chi connectivity index (χ1v) is 5.81. The van der Waals surface area contributed by atoms with Crippen molar-refractivity contribution >= 4 is 5.78 Å². The van der Waals surface area contributed by atoms with E-state index in [4.69, 9.17) is 9.15 Å². The first-order chi connectivity index (χ1) is 8.33. The van der Waals surface area contributed by atoms with Gasteiger partial charge in [-0.05, 0) is 12.1 Å². The Labute approximate surface area is 99.8 Å². The molecule has 0 bridgehead atoms. The lowest BCUT2D eigenvalue weighted by molar-refractivity contribution is 0.0312. The highest BCUT2D eigenvalue weighted by Crippen LogP contribution is 2.23. The maximum Gasteiger partial charge on any atom is 0.224 e. The Kier molecular flexibility index (Phi) is 2.82. The van der Waals surface area contributed by atoms with Crippen molar-refractivity contribution in [3.05, 3.63) is 41.7 Å². The molecule has 0 unspecified atom stereocenters. The number of ether oxygens (including phenoxy) is 1. The van der Waals surface area contributed by atoms with Gasteiger partial charge in [-0.1, -0.05) is 6.08 Å². The van der Waals surface area contributed by atoms with Crippen LogP contribution in [0.4, 0.5) is 0 Å². The monoisotopic (exact) mass is 232 g/mol. The first-order valence-electron chi connectivity index (χ1n) is 5.81. The summed E-state index contributed by atoms with van der Waals surface area (Å²) in [6.07, 6.45) is 3.60. The van der Waals surface area contributed by atoms with Crippen LogP contribution in [-0.2, 0) is 11.3 Å². The largest absolute Gasteiger partial charge is 0.456 e. The fraction of sp³-hybridized carbons (Fsp3) is 0.385. The van der Waals surface area contributed by atoms with E-state index in [2.05, 4.69) is 4.90 Å². The van der Waals surface area contributed by atoms with E-state index in [1.165, 1.54) is 0 Å². The van der Waals surface area contributed by atoms with Gasteiger partial charge in [-0.3, -0.25) is 9.69 Å². The second kappa shape index (κ2) is 4.47. The standard InChI is InChI=1S/C13H14NO3/c15-13(10-1-2-10)12-4-3-11(17-12)9-14-5-7-16-8-6-14/h1-4H,5-9H2. The van der Waals surface area contributed by atoms with Gasteiger partial charge in [0, 0.05) is 25.1 Å². The summed E-state index contributed by atoms with van der Waals surface area (Å²) in [6.45, 7) is 4.13. The SMILES string of the molecule is O=C(C1=C[CH]1)c1ccc(CN2CCOCC2)o1. The lowest BCUT2D eigenvalue weighted by Gasteiger charge is -2.25. The van der Waals surface area contributed by atoms with E-state index in [-0.39, 0.29) is 5.78 Å². The summed E-state index contributed by atoms with van der Waals surface area (Å²) in [5.41, 5.74) is 0.747. The van der Waals surface area contributed by atoms with E-state index in [1.54, 1.807) is 18.6 Å². The lowest BCUT2D eigenvalue weighted by atomic mass is 10.2. The zero-order valence-electron chi connectivity index (χ0n) is 9.52. The average molecular weight is 232 g/mol. The van der Waals surface area contributed by atoms with E-state index in [0.717, 1.165) is 44.2 Å². The Morgan fingerprint density at radius 1 is 1.29 bits per heavy atom. The molecular weight excluding hydrogens is 218 g/mol. The van der Waals surface area contributed by atoms with Crippen molar-refractivity contribution in [2.75, 3.05) is 26.3 Å². The van der Waals surface area contributed by atoms with Crippen LogP contribution in [0, 0.1) is 6.42 Å². The molecule has 0 saturated carbocycles. The topological polar surface area (TPSA) is 42.7 Å². The van der Waals surface area contributed by atoms with Crippen molar-refractivity contribution < 1.29 is 13.9 Å². The Bertz CT molecular complexity index is 455. The molecular formula is C13H14NO3. The molecule has 1 aromatic rings. The van der Waals surface area contributed by atoms with E-state index in [1.807, 2.05) is 6.07 Å². The molecule has 89 valence electrons. The number of ketones is 1. The van der Waals surface area contributed by atoms with Gasteiger partial charge >= 0.3 is 0 Å². The van der Waals surface area contributed by atoms with E-state index in [9.17, 15) is 4.79 Å². The maximum absolute atomic E-state index is 11.7. The molecule has 2 heterocycles. The van der Waals surface area contributed by atoms with Crippen molar-refractivity contribution in [2.24, 2.45) is 0 Å². The van der Waals surface area contributed by atoms with Crippen LogP contribution in [0.25, 0.3) is 0 Å². The van der Waals surface area contributed by atoms with Crippen LogP contribution in [-0.4, -0.2) is 37.0 Å². The molecule has 1 saturated heterocycles. The van der Waals surface area contributed by atoms with E-state index < -0.39 is 0 Å². The Morgan fingerprint density at radius 2 is 2.06 bits per heavy atom. The summed E-state index contributed by atoms with van der Waals surface area (Å²) in [6, 6.07) is 3.64. The van der Waals surface area contributed by atoms with Crippen LogP contribution in [0.1, 0.15) is 16.3 Å². The predicted octanol–water partition coefficient (Wildman–Crippen LogP) is 1.44. The molecule has 0 N–H and O–H groups in total. The fourth-order valence-corrected chi connectivity index (χ4v) is 1.90. The van der Waals surface area contributed by atoms with Gasteiger partial charge in [0.1, 0.15) is 5.76 Å². The molecule has 0 aromatic carbocycles. The molecule has 1 aliphatic heterocycles. The van der Waals surface area contributed by atoms with Crippen LogP contribution in [0.3, 0.4) is 0 Å². The molecule has 0 atom stereocenters. The number of allylic oxidation sites excluding steroid dienone is 2. The zero-order valence-corrected chi connectivity index (χ0v) is 9.52. The van der Waals surface area contributed by atoms with E-state index >= 15 is 0 Å². The Hall–Kier alpha value is -1.39. The summed E-state index contributed by atoms with van der Waals surface area (Å²) in [5.74, 6) is 1.27. The Morgan fingerprint density at radius 3 is 2.76 bits per heavy atom. The number of hydrogen-bond donors (Lipinski definition) is 0. The third-order valence-corrected chi connectivity index (χ3v) is 2.96. The number of Topliss-reactive ketones (excluding diaryl/α,β-unsaturated/α-hetero) is 1.